The van der Waals surface area contributed by atoms with Crippen LogP contribution in [0.5, 0.6) is 5.75 Å². The maximum Gasteiger partial charge on any atom is 0.256 e. The Morgan fingerprint density at radius 1 is 1.10 bits per heavy atom. The van der Waals surface area contributed by atoms with Crippen LogP contribution in [0.3, 0.4) is 0 Å². The van der Waals surface area contributed by atoms with Gasteiger partial charge in [-0.25, -0.2) is 8.78 Å². The lowest BCUT2D eigenvalue weighted by molar-refractivity contribution is -0.106. The molecule has 40 heavy (non-hydrogen) atoms. The van der Waals surface area contributed by atoms with E-state index in [1.165, 1.54) is 12.1 Å². The van der Waals surface area contributed by atoms with E-state index in [1.54, 1.807) is 23.1 Å². The largest absolute Gasteiger partial charge is 0.492 e. The highest BCUT2D eigenvalue weighted by atomic mass is 19.1. The van der Waals surface area contributed by atoms with E-state index in [1.807, 2.05) is 19.9 Å². The van der Waals surface area contributed by atoms with E-state index in [2.05, 4.69) is 16.7 Å². The van der Waals surface area contributed by atoms with Crippen molar-refractivity contribution in [3.63, 3.8) is 0 Å². The van der Waals surface area contributed by atoms with Crippen molar-refractivity contribution in [1.82, 2.24) is 9.80 Å². The third-order valence-corrected chi connectivity index (χ3v) is 7.98. The lowest BCUT2D eigenvalue weighted by Gasteiger charge is -2.36. The number of halogens is 2. The first-order chi connectivity index (χ1) is 19.3. The van der Waals surface area contributed by atoms with Gasteiger partial charge in [0.15, 0.2) is 0 Å². The van der Waals surface area contributed by atoms with Crippen LogP contribution in [0.25, 0.3) is 11.1 Å². The SMILES string of the molecule is CCC(F)(CC)CN1CCC(COc2ccc(-c3ccc(C(=O)N4CCCC4)c(F)c3)cc2C#N)CC1.NC=O. The number of ether oxygens (including phenoxy) is 1. The zero-order valence-electron chi connectivity index (χ0n) is 23.5. The van der Waals surface area contributed by atoms with Gasteiger partial charge in [0.25, 0.3) is 5.91 Å². The van der Waals surface area contributed by atoms with Crippen molar-refractivity contribution in [2.24, 2.45) is 11.7 Å². The number of carbonyl (C=O) groups excluding carboxylic acids is 2. The summed E-state index contributed by atoms with van der Waals surface area (Å²) in [6.07, 6.45) is 5.10. The molecule has 0 radical (unpaired) electrons. The van der Waals surface area contributed by atoms with E-state index in [0.29, 0.717) is 67.4 Å². The summed E-state index contributed by atoms with van der Waals surface area (Å²) in [5.74, 6) is 0.0419. The number of piperidine rings is 1. The van der Waals surface area contributed by atoms with Gasteiger partial charge in [0, 0.05) is 19.6 Å². The molecule has 216 valence electrons. The summed E-state index contributed by atoms with van der Waals surface area (Å²) in [4.78, 5) is 25.1. The minimum atomic E-state index is -1.11. The second kappa shape index (κ2) is 14.8. The highest BCUT2D eigenvalue weighted by molar-refractivity contribution is 5.95. The van der Waals surface area contributed by atoms with Gasteiger partial charge in [-0.2, -0.15) is 5.26 Å². The molecule has 0 unspecified atom stereocenters. The van der Waals surface area contributed by atoms with Crippen LogP contribution in [0.2, 0.25) is 0 Å². The molecular weight excluding hydrogens is 514 g/mol. The van der Waals surface area contributed by atoms with Crippen LogP contribution in [0, 0.1) is 23.1 Å². The van der Waals surface area contributed by atoms with Crippen LogP contribution >= 0.6 is 0 Å². The van der Waals surface area contributed by atoms with Crippen molar-refractivity contribution in [3.8, 4) is 22.9 Å². The van der Waals surface area contributed by atoms with Crippen molar-refractivity contribution in [2.75, 3.05) is 39.3 Å². The Labute approximate surface area is 235 Å². The Bertz CT molecular complexity index is 1180. The number of likely N-dealkylation sites (tertiary alicyclic amines) is 2. The van der Waals surface area contributed by atoms with Crippen molar-refractivity contribution in [3.05, 3.63) is 53.3 Å². The number of hydrogen-bond acceptors (Lipinski definition) is 5. The summed E-state index contributed by atoms with van der Waals surface area (Å²) < 4.78 is 35.6. The van der Waals surface area contributed by atoms with Crippen molar-refractivity contribution in [1.29, 1.82) is 5.26 Å². The average Bonchev–Trinajstić information content (AvgIpc) is 3.52. The molecule has 2 aliphatic heterocycles. The third-order valence-electron chi connectivity index (χ3n) is 7.98. The number of benzene rings is 2. The molecule has 0 spiro atoms. The van der Waals surface area contributed by atoms with Crippen LogP contribution in [-0.4, -0.2) is 67.1 Å². The molecule has 9 heteroatoms. The van der Waals surface area contributed by atoms with Crippen LogP contribution in [0.1, 0.15) is 68.3 Å². The number of rotatable bonds is 9. The molecule has 0 aliphatic carbocycles. The van der Waals surface area contributed by atoms with Crippen molar-refractivity contribution < 1.29 is 23.1 Å². The molecule has 4 rings (SSSR count). The summed E-state index contributed by atoms with van der Waals surface area (Å²) in [5, 5.41) is 9.71. The highest BCUT2D eigenvalue weighted by Gasteiger charge is 2.30. The van der Waals surface area contributed by atoms with Gasteiger partial charge in [0.2, 0.25) is 6.41 Å². The van der Waals surface area contributed by atoms with Crippen molar-refractivity contribution >= 4 is 12.3 Å². The fourth-order valence-corrected chi connectivity index (χ4v) is 5.27. The molecule has 2 aliphatic rings. The van der Waals surface area contributed by atoms with Gasteiger partial charge in [-0.3, -0.25) is 9.59 Å². The first-order valence-corrected chi connectivity index (χ1v) is 14.1. The van der Waals surface area contributed by atoms with E-state index in [0.717, 1.165) is 38.8 Å². The van der Waals surface area contributed by atoms with E-state index in [4.69, 9.17) is 9.53 Å². The van der Waals surface area contributed by atoms with Crippen LogP contribution < -0.4 is 10.5 Å². The lowest BCUT2D eigenvalue weighted by Crippen LogP contribution is -2.44. The van der Waals surface area contributed by atoms with Crippen molar-refractivity contribution in [2.45, 2.75) is 58.0 Å². The van der Waals surface area contributed by atoms with Gasteiger partial charge in [0.1, 0.15) is 23.3 Å². The molecule has 2 aromatic rings. The number of carbonyl (C=O) groups is 2. The Kier molecular flexibility index (Phi) is 11.4. The summed E-state index contributed by atoms with van der Waals surface area (Å²) in [7, 11) is 0. The summed E-state index contributed by atoms with van der Waals surface area (Å²) in [6, 6.07) is 12.1. The van der Waals surface area contributed by atoms with Gasteiger partial charge in [-0.05, 0) is 92.9 Å². The Morgan fingerprint density at radius 2 is 1.70 bits per heavy atom. The second-order valence-electron chi connectivity index (χ2n) is 10.5. The minimum absolute atomic E-state index is 0.0822. The summed E-state index contributed by atoms with van der Waals surface area (Å²) in [6.45, 7) is 7.85. The van der Waals surface area contributed by atoms with Gasteiger partial charge in [-0.15, -0.1) is 0 Å². The molecule has 2 N–H and O–H groups in total. The first kappa shape index (κ1) is 31.0. The first-order valence-electron chi connectivity index (χ1n) is 14.1. The van der Waals surface area contributed by atoms with E-state index in [9.17, 15) is 18.8 Å². The quantitative estimate of drug-likeness (QED) is 0.423. The third kappa shape index (κ3) is 8.01. The molecule has 0 aromatic heterocycles. The van der Waals surface area contributed by atoms with Gasteiger partial charge < -0.3 is 20.3 Å². The minimum Gasteiger partial charge on any atom is -0.492 e. The van der Waals surface area contributed by atoms with E-state index in [-0.39, 0.29) is 17.9 Å². The maximum atomic E-state index is 14.8. The van der Waals surface area contributed by atoms with E-state index < -0.39 is 11.5 Å². The van der Waals surface area contributed by atoms with Gasteiger partial charge in [0.05, 0.1) is 17.7 Å². The standard InChI is InChI=1S/C30H37F2N3O2.CH3NO/c1-3-30(32,4-2)21-34-15-11-22(12-16-34)20-37-28-10-8-23(17-25(28)19-33)24-7-9-26(27(31)18-24)29(36)35-13-5-6-14-35;2-1-3/h7-10,17-18,22H,3-6,11-16,20-21H2,1-2H3;1H,(H2,2,3). The molecule has 0 saturated carbocycles. The Balaban J connectivity index is 0.00000141. The number of amides is 2. The zero-order valence-corrected chi connectivity index (χ0v) is 23.5. The molecule has 2 heterocycles. The predicted molar refractivity (Wildman–Crippen MR) is 151 cm³/mol. The highest BCUT2D eigenvalue weighted by Crippen LogP contribution is 2.30. The molecule has 2 fully saturated rings. The monoisotopic (exact) mass is 554 g/mol. The molecule has 7 nitrogen and oxygen atoms in total. The number of primary amides is 1. The normalized spacial score (nSPS) is 16.1. The van der Waals surface area contributed by atoms with Crippen LogP contribution in [-0.2, 0) is 4.79 Å². The van der Waals surface area contributed by atoms with Gasteiger partial charge >= 0.3 is 0 Å². The number of nitriles is 1. The Hall–Kier alpha value is -3.51. The molecule has 2 saturated heterocycles. The topological polar surface area (TPSA) is 99.7 Å². The Morgan fingerprint density at radius 3 is 2.27 bits per heavy atom. The average molecular weight is 555 g/mol. The molecule has 2 aromatic carbocycles. The van der Waals surface area contributed by atoms with Crippen LogP contribution in [0.4, 0.5) is 8.78 Å². The number of nitrogens with two attached hydrogens (primary N) is 1. The molecule has 0 bridgehead atoms. The number of alkyl halides is 1. The summed E-state index contributed by atoms with van der Waals surface area (Å²) in [5.41, 5.74) is 4.82. The van der Waals surface area contributed by atoms with Gasteiger partial charge in [-0.1, -0.05) is 26.0 Å². The number of hydrogen-bond donors (Lipinski definition) is 1. The fourth-order valence-electron chi connectivity index (χ4n) is 5.27. The molecule has 2 amide bonds. The fraction of sp³-hybridized carbons (Fsp3) is 0.516. The van der Waals surface area contributed by atoms with Crippen LogP contribution in [0.15, 0.2) is 36.4 Å². The summed E-state index contributed by atoms with van der Waals surface area (Å²) >= 11 is 0. The second-order valence-corrected chi connectivity index (χ2v) is 10.5. The predicted octanol–water partition coefficient (Wildman–Crippen LogP) is 5.32. The maximum absolute atomic E-state index is 14.8. The zero-order chi connectivity index (χ0) is 29.1. The lowest BCUT2D eigenvalue weighted by atomic mass is 9.94. The molecule has 0 atom stereocenters. The smallest absolute Gasteiger partial charge is 0.256 e. The molecular formula is C31H40F2N4O3. The number of nitrogens with zero attached hydrogens (tertiary/aromatic N) is 3. The van der Waals surface area contributed by atoms with E-state index >= 15 is 0 Å².